The van der Waals surface area contributed by atoms with Gasteiger partial charge < -0.3 is 10.1 Å². The minimum atomic E-state index is -1.12. The molecule has 3 rings (SSSR count). The number of nitrogens with zero attached hydrogens (tertiary/aromatic N) is 2. The molecule has 1 unspecified atom stereocenters. The van der Waals surface area contributed by atoms with E-state index in [1.54, 1.807) is 6.92 Å². The Labute approximate surface area is 172 Å². The van der Waals surface area contributed by atoms with E-state index in [-0.39, 0.29) is 23.0 Å². The number of hydrogen-bond acceptors (Lipinski definition) is 5. The van der Waals surface area contributed by atoms with Crippen LogP contribution in [0.4, 0.5) is 16.2 Å². The van der Waals surface area contributed by atoms with E-state index in [1.165, 1.54) is 23.1 Å². The zero-order valence-electron chi connectivity index (χ0n) is 15.8. The number of nitrogens with one attached hydrogen (secondary N) is 1. The number of carbonyl (C=O) groups excluding carboxylic acids is 2. The van der Waals surface area contributed by atoms with E-state index < -0.39 is 22.5 Å². The summed E-state index contributed by atoms with van der Waals surface area (Å²) in [6.07, 6.45) is 0.520. The summed E-state index contributed by atoms with van der Waals surface area (Å²) in [4.78, 5) is 37.3. The van der Waals surface area contributed by atoms with Crippen LogP contribution >= 0.6 is 11.6 Å². The number of amides is 2. The predicted molar refractivity (Wildman–Crippen MR) is 108 cm³/mol. The number of hydrogen-bond donors (Lipinski definition) is 1. The molecule has 1 atom stereocenters. The molecule has 29 heavy (non-hydrogen) atoms. The van der Waals surface area contributed by atoms with Crippen molar-refractivity contribution in [3.63, 3.8) is 0 Å². The lowest BCUT2D eigenvalue weighted by molar-refractivity contribution is -0.384. The summed E-state index contributed by atoms with van der Waals surface area (Å²) >= 11 is 5.81. The summed E-state index contributed by atoms with van der Waals surface area (Å²) in [5, 5.41) is 13.7. The number of likely N-dealkylation sites (tertiary alicyclic amines) is 1. The van der Waals surface area contributed by atoms with Crippen LogP contribution < -0.4 is 5.32 Å². The number of carbonyl (C=O) groups is 2. The second kappa shape index (κ2) is 8.48. The first-order valence-electron chi connectivity index (χ1n) is 9.05. The quantitative estimate of drug-likeness (QED) is 0.574. The Kier molecular flexibility index (Phi) is 6.03. The topological polar surface area (TPSA) is 102 Å². The normalized spacial score (nSPS) is 18.3. The Hall–Kier alpha value is -3.13. The SMILES string of the molecule is CC1(C(=O)Nc2ccc(Cl)c([N+](=O)[O-])c2)CCCN1C(=O)OCc1ccccc1. The first-order chi connectivity index (χ1) is 13.8. The van der Waals surface area contributed by atoms with E-state index in [2.05, 4.69) is 5.32 Å². The molecule has 0 aromatic heterocycles. The fourth-order valence-electron chi connectivity index (χ4n) is 3.29. The number of halogens is 1. The largest absolute Gasteiger partial charge is 0.445 e. The number of benzene rings is 2. The second-order valence-corrected chi connectivity index (χ2v) is 7.35. The van der Waals surface area contributed by atoms with Crippen LogP contribution in [0.15, 0.2) is 48.5 Å². The maximum absolute atomic E-state index is 12.9. The Morgan fingerprint density at radius 3 is 2.69 bits per heavy atom. The first kappa shape index (κ1) is 20.6. The van der Waals surface area contributed by atoms with E-state index in [1.807, 2.05) is 30.3 Å². The zero-order valence-corrected chi connectivity index (χ0v) is 16.5. The minimum Gasteiger partial charge on any atom is -0.445 e. The van der Waals surface area contributed by atoms with Gasteiger partial charge in [0.1, 0.15) is 17.2 Å². The van der Waals surface area contributed by atoms with Gasteiger partial charge >= 0.3 is 6.09 Å². The van der Waals surface area contributed by atoms with Gasteiger partial charge in [-0.2, -0.15) is 0 Å². The van der Waals surface area contributed by atoms with Crippen LogP contribution in [-0.4, -0.2) is 33.9 Å². The molecule has 1 N–H and O–H groups in total. The summed E-state index contributed by atoms with van der Waals surface area (Å²) in [6.45, 7) is 2.15. The average Bonchev–Trinajstić information content (AvgIpc) is 3.11. The van der Waals surface area contributed by atoms with Crippen LogP contribution in [0.25, 0.3) is 0 Å². The Bertz CT molecular complexity index is 937. The van der Waals surface area contributed by atoms with Gasteiger partial charge in [-0.15, -0.1) is 0 Å². The fourth-order valence-corrected chi connectivity index (χ4v) is 3.47. The van der Waals surface area contributed by atoms with Crippen LogP contribution in [0.3, 0.4) is 0 Å². The highest BCUT2D eigenvalue weighted by Gasteiger charge is 2.46. The third kappa shape index (κ3) is 4.48. The van der Waals surface area contributed by atoms with Gasteiger partial charge in [-0.05, 0) is 37.5 Å². The monoisotopic (exact) mass is 417 g/mol. The molecule has 1 aliphatic rings. The lowest BCUT2D eigenvalue weighted by Crippen LogP contribution is -2.53. The highest BCUT2D eigenvalue weighted by molar-refractivity contribution is 6.32. The van der Waals surface area contributed by atoms with Crippen molar-refractivity contribution in [2.24, 2.45) is 0 Å². The average molecular weight is 418 g/mol. The molecule has 1 aliphatic heterocycles. The molecule has 2 amide bonds. The summed E-state index contributed by atoms with van der Waals surface area (Å²) in [6, 6.07) is 13.3. The summed E-state index contributed by atoms with van der Waals surface area (Å²) in [5.41, 5.74) is -0.348. The van der Waals surface area contributed by atoms with Gasteiger partial charge in [0.05, 0.1) is 4.92 Å². The molecule has 0 radical (unpaired) electrons. The summed E-state index contributed by atoms with van der Waals surface area (Å²) < 4.78 is 5.37. The van der Waals surface area contributed by atoms with Crippen molar-refractivity contribution in [1.82, 2.24) is 4.90 Å². The van der Waals surface area contributed by atoms with E-state index in [0.717, 1.165) is 5.56 Å². The van der Waals surface area contributed by atoms with Crippen molar-refractivity contribution in [2.75, 3.05) is 11.9 Å². The maximum atomic E-state index is 12.9. The van der Waals surface area contributed by atoms with Gasteiger partial charge in [0.15, 0.2) is 0 Å². The van der Waals surface area contributed by atoms with Crippen molar-refractivity contribution in [3.8, 4) is 0 Å². The molecule has 8 nitrogen and oxygen atoms in total. The third-order valence-electron chi connectivity index (χ3n) is 4.96. The van der Waals surface area contributed by atoms with Crippen LogP contribution in [-0.2, 0) is 16.1 Å². The van der Waals surface area contributed by atoms with Gasteiger partial charge in [0.2, 0.25) is 5.91 Å². The van der Waals surface area contributed by atoms with Gasteiger partial charge in [-0.1, -0.05) is 41.9 Å². The summed E-state index contributed by atoms with van der Waals surface area (Å²) in [7, 11) is 0. The Morgan fingerprint density at radius 1 is 1.28 bits per heavy atom. The Morgan fingerprint density at radius 2 is 2.00 bits per heavy atom. The van der Waals surface area contributed by atoms with Crippen LogP contribution in [0.1, 0.15) is 25.3 Å². The van der Waals surface area contributed by atoms with Crippen LogP contribution in [0.5, 0.6) is 0 Å². The lowest BCUT2D eigenvalue weighted by Gasteiger charge is -2.33. The lowest BCUT2D eigenvalue weighted by atomic mass is 9.97. The summed E-state index contributed by atoms with van der Waals surface area (Å²) in [5.74, 6) is -0.441. The fraction of sp³-hybridized carbons (Fsp3) is 0.300. The molecule has 1 saturated heterocycles. The van der Waals surface area contributed by atoms with Gasteiger partial charge in [-0.3, -0.25) is 19.8 Å². The molecule has 1 heterocycles. The van der Waals surface area contributed by atoms with E-state index in [9.17, 15) is 19.7 Å². The van der Waals surface area contributed by atoms with Gasteiger partial charge in [0.25, 0.3) is 5.69 Å². The molecule has 2 aromatic carbocycles. The zero-order chi connectivity index (χ0) is 21.0. The molecule has 0 bridgehead atoms. The highest BCUT2D eigenvalue weighted by atomic mass is 35.5. The molecule has 2 aromatic rings. The van der Waals surface area contributed by atoms with Crippen molar-refractivity contribution < 1.29 is 19.2 Å². The second-order valence-electron chi connectivity index (χ2n) is 6.95. The van der Waals surface area contributed by atoms with Crippen molar-refractivity contribution in [1.29, 1.82) is 0 Å². The van der Waals surface area contributed by atoms with Crippen LogP contribution in [0, 0.1) is 10.1 Å². The molecule has 0 aliphatic carbocycles. The van der Waals surface area contributed by atoms with Gasteiger partial charge in [0, 0.05) is 18.3 Å². The molecular formula is C20H20ClN3O5. The van der Waals surface area contributed by atoms with E-state index in [0.29, 0.717) is 19.4 Å². The van der Waals surface area contributed by atoms with E-state index >= 15 is 0 Å². The molecule has 152 valence electrons. The Balaban J connectivity index is 1.70. The minimum absolute atomic E-state index is 0.0220. The van der Waals surface area contributed by atoms with Crippen LogP contribution in [0.2, 0.25) is 5.02 Å². The number of ether oxygens (including phenoxy) is 1. The molecule has 1 fully saturated rings. The van der Waals surface area contributed by atoms with Gasteiger partial charge in [-0.25, -0.2) is 4.79 Å². The molecule has 9 heteroatoms. The maximum Gasteiger partial charge on any atom is 0.410 e. The highest BCUT2D eigenvalue weighted by Crippen LogP contribution is 2.33. The molecule has 0 spiro atoms. The number of rotatable bonds is 5. The first-order valence-corrected chi connectivity index (χ1v) is 9.43. The molecular weight excluding hydrogens is 398 g/mol. The smallest absolute Gasteiger partial charge is 0.410 e. The van der Waals surface area contributed by atoms with Crippen molar-refractivity contribution >= 4 is 35.0 Å². The third-order valence-corrected chi connectivity index (χ3v) is 5.28. The van der Waals surface area contributed by atoms with Crippen molar-refractivity contribution in [3.05, 3.63) is 69.2 Å². The number of nitro groups is 1. The number of anilines is 1. The molecule has 0 saturated carbocycles. The van der Waals surface area contributed by atoms with Crippen molar-refractivity contribution in [2.45, 2.75) is 31.9 Å². The van der Waals surface area contributed by atoms with E-state index in [4.69, 9.17) is 16.3 Å². The standard InChI is InChI=1S/C20H20ClN3O5/c1-20(18(25)22-15-8-9-16(21)17(12-15)24(27)28)10-5-11-23(20)19(26)29-13-14-6-3-2-4-7-14/h2-4,6-9,12H,5,10-11,13H2,1H3,(H,22,25). The predicted octanol–water partition coefficient (Wildman–Crippen LogP) is 4.38. The number of nitro benzene ring substituents is 1.